The molecule has 17 heavy (non-hydrogen) atoms. The van der Waals surface area contributed by atoms with Crippen LogP contribution in [0.25, 0.3) is 11.3 Å². The van der Waals surface area contributed by atoms with Crippen LogP contribution in [-0.4, -0.2) is 23.4 Å². The molecule has 88 valence electrons. The SMILES string of the molecule is COc1cc(Cl)ccc1-c1nc(C=O)[nH]c1Br. The molecule has 0 bridgehead atoms. The molecule has 2 rings (SSSR count). The molecule has 0 saturated heterocycles. The lowest BCUT2D eigenvalue weighted by molar-refractivity contribution is 0.111. The average Bonchev–Trinajstić information content (AvgIpc) is 2.70. The number of nitrogens with zero attached hydrogens (tertiary/aromatic N) is 1. The number of halogens is 2. The summed E-state index contributed by atoms with van der Waals surface area (Å²) in [6.45, 7) is 0. The molecule has 0 aliphatic rings. The summed E-state index contributed by atoms with van der Waals surface area (Å²) in [7, 11) is 1.55. The highest BCUT2D eigenvalue weighted by atomic mass is 79.9. The minimum absolute atomic E-state index is 0.254. The number of hydrogen-bond donors (Lipinski definition) is 1. The van der Waals surface area contributed by atoms with Gasteiger partial charge in [-0.25, -0.2) is 4.98 Å². The van der Waals surface area contributed by atoms with Gasteiger partial charge in [-0.2, -0.15) is 0 Å². The number of benzene rings is 1. The number of nitrogens with one attached hydrogen (secondary N) is 1. The van der Waals surface area contributed by atoms with Crippen LogP contribution in [0.2, 0.25) is 5.02 Å². The lowest BCUT2D eigenvalue weighted by Crippen LogP contribution is -1.89. The highest BCUT2D eigenvalue weighted by molar-refractivity contribution is 9.10. The van der Waals surface area contributed by atoms with Gasteiger partial charge in [0.1, 0.15) is 16.0 Å². The number of ether oxygens (including phenoxy) is 1. The van der Waals surface area contributed by atoms with Crippen molar-refractivity contribution in [2.24, 2.45) is 0 Å². The molecule has 0 saturated carbocycles. The van der Waals surface area contributed by atoms with E-state index >= 15 is 0 Å². The summed E-state index contributed by atoms with van der Waals surface area (Å²) in [4.78, 5) is 17.6. The van der Waals surface area contributed by atoms with Crippen molar-refractivity contribution < 1.29 is 9.53 Å². The zero-order chi connectivity index (χ0) is 12.4. The van der Waals surface area contributed by atoms with Gasteiger partial charge in [0.2, 0.25) is 0 Å². The van der Waals surface area contributed by atoms with E-state index in [1.54, 1.807) is 25.3 Å². The fourth-order valence-electron chi connectivity index (χ4n) is 1.46. The van der Waals surface area contributed by atoms with Crippen LogP contribution in [0.5, 0.6) is 5.75 Å². The number of hydrogen-bond acceptors (Lipinski definition) is 3. The van der Waals surface area contributed by atoms with E-state index in [-0.39, 0.29) is 5.82 Å². The first-order valence-electron chi connectivity index (χ1n) is 4.70. The summed E-state index contributed by atoms with van der Waals surface area (Å²) < 4.78 is 5.86. The highest BCUT2D eigenvalue weighted by Gasteiger charge is 2.14. The van der Waals surface area contributed by atoms with E-state index in [0.29, 0.717) is 27.4 Å². The maximum Gasteiger partial charge on any atom is 0.185 e. The second-order valence-corrected chi connectivity index (χ2v) is 4.48. The van der Waals surface area contributed by atoms with Gasteiger partial charge in [0.15, 0.2) is 12.1 Å². The van der Waals surface area contributed by atoms with Crippen LogP contribution in [0.4, 0.5) is 0 Å². The first-order chi connectivity index (χ1) is 8.15. The molecule has 0 amide bonds. The lowest BCUT2D eigenvalue weighted by atomic mass is 10.1. The Bertz CT molecular complexity index is 569. The monoisotopic (exact) mass is 314 g/mol. The lowest BCUT2D eigenvalue weighted by Gasteiger charge is -2.06. The molecule has 1 N–H and O–H groups in total. The number of aromatic nitrogens is 2. The average molecular weight is 316 g/mol. The number of aldehydes is 1. The van der Waals surface area contributed by atoms with Gasteiger partial charge in [0.05, 0.1) is 7.11 Å². The molecule has 6 heteroatoms. The smallest absolute Gasteiger partial charge is 0.185 e. The summed E-state index contributed by atoms with van der Waals surface area (Å²) >= 11 is 9.19. The zero-order valence-corrected chi connectivity index (χ0v) is 11.2. The quantitative estimate of drug-likeness (QED) is 0.884. The molecule has 1 aromatic carbocycles. The molecular weight excluding hydrogens is 307 g/mol. The van der Waals surface area contributed by atoms with Crippen molar-refractivity contribution in [3.05, 3.63) is 33.6 Å². The third-order valence-corrected chi connectivity index (χ3v) is 3.02. The number of methoxy groups -OCH3 is 1. The molecule has 2 aromatic rings. The van der Waals surface area contributed by atoms with Crippen LogP contribution in [0.15, 0.2) is 22.8 Å². The van der Waals surface area contributed by atoms with Crippen LogP contribution in [0.1, 0.15) is 10.6 Å². The third-order valence-electron chi connectivity index (χ3n) is 2.21. The Morgan fingerprint density at radius 2 is 2.29 bits per heavy atom. The second-order valence-electron chi connectivity index (χ2n) is 3.25. The molecule has 0 unspecified atom stereocenters. The van der Waals surface area contributed by atoms with E-state index in [2.05, 4.69) is 25.9 Å². The van der Waals surface area contributed by atoms with E-state index in [1.807, 2.05) is 0 Å². The van der Waals surface area contributed by atoms with Crippen LogP contribution < -0.4 is 4.74 Å². The van der Waals surface area contributed by atoms with Crippen molar-refractivity contribution in [1.82, 2.24) is 9.97 Å². The van der Waals surface area contributed by atoms with Gasteiger partial charge in [0.25, 0.3) is 0 Å². The standard InChI is InChI=1S/C11H8BrClN2O2/c1-17-8-4-6(13)2-3-7(8)10-11(12)15-9(5-16)14-10/h2-5H,1H3,(H,14,15). The molecule has 0 radical (unpaired) electrons. The van der Waals surface area contributed by atoms with Crippen molar-refractivity contribution in [3.8, 4) is 17.0 Å². The minimum atomic E-state index is 0.254. The molecular formula is C11H8BrClN2O2. The summed E-state index contributed by atoms with van der Waals surface area (Å²) in [5.74, 6) is 0.853. The van der Waals surface area contributed by atoms with Crippen molar-refractivity contribution in [1.29, 1.82) is 0 Å². The number of carbonyl (C=O) groups excluding carboxylic acids is 1. The van der Waals surface area contributed by atoms with Crippen molar-refractivity contribution >= 4 is 33.8 Å². The molecule has 0 spiro atoms. The van der Waals surface area contributed by atoms with Crippen molar-refractivity contribution in [2.75, 3.05) is 7.11 Å². The molecule has 0 fully saturated rings. The van der Waals surface area contributed by atoms with Gasteiger partial charge in [-0.15, -0.1) is 0 Å². The van der Waals surface area contributed by atoms with Gasteiger partial charge in [-0.05, 0) is 34.1 Å². The van der Waals surface area contributed by atoms with Gasteiger partial charge in [-0.1, -0.05) is 11.6 Å². The van der Waals surface area contributed by atoms with Crippen molar-refractivity contribution in [2.45, 2.75) is 0 Å². The summed E-state index contributed by atoms with van der Waals surface area (Å²) in [5.41, 5.74) is 1.37. The van der Waals surface area contributed by atoms with Crippen LogP contribution in [-0.2, 0) is 0 Å². The number of carbonyl (C=O) groups is 1. The van der Waals surface area contributed by atoms with E-state index in [1.165, 1.54) is 0 Å². The number of aromatic amines is 1. The van der Waals surface area contributed by atoms with E-state index in [9.17, 15) is 4.79 Å². The molecule has 0 aliphatic carbocycles. The Morgan fingerprint density at radius 1 is 1.53 bits per heavy atom. The largest absolute Gasteiger partial charge is 0.496 e. The Labute approximate surface area is 111 Å². The maximum absolute atomic E-state index is 10.6. The van der Waals surface area contributed by atoms with Gasteiger partial charge in [0, 0.05) is 10.6 Å². The Balaban J connectivity index is 2.59. The Morgan fingerprint density at radius 3 is 2.88 bits per heavy atom. The fourth-order valence-corrected chi connectivity index (χ4v) is 2.13. The minimum Gasteiger partial charge on any atom is -0.496 e. The maximum atomic E-state index is 10.6. The summed E-state index contributed by atoms with van der Waals surface area (Å²) in [6.07, 6.45) is 0.649. The van der Waals surface area contributed by atoms with Crippen LogP contribution in [0, 0.1) is 0 Å². The Kier molecular flexibility index (Phi) is 3.49. The molecule has 0 aliphatic heterocycles. The third kappa shape index (κ3) is 2.35. The van der Waals surface area contributed by atoms with E-state index in [0.717, 1.165) is 5.56 Å². The first kappa shape index (κ1) is 12.1. The molecule has 1 heterocycles. The van der Waals surface area contributed by atoms with Gasteiger partial charge < -0.3 is 9.72 Å². The second kappa shape index (κ2) is 4.89. The number of imidazole rings is 1. The van der Waals surface area contributed by atoms with Gasteiger partial charge >= 0.3 is 0 Å². The predicted molar refractivity (Wildman–Crippen MR) is 68.7 cm³/mol. The topological polar surface area (TPSA) is 55.0 Å². The zero-order valence-electron chi connectivity index (χ0n) is 8.83. The molecule has 4 nitrogen and oxygen atoms in total. The van der Waals surface area contributed by atoms with Crippen molar-refractivity contribution in [3.63, 3.8) is 0 Å². The predicted octanol–water partition coefficient (Wildman–Crippen LogP) is 3.31. The highest BCUT2D eigenvalue weighted by Crippen LogP contribution is 2.34. The van der Waals surface area contributed by atoms with E-state index in [4.69, 9.17) is 16.3 Å². The normalized spacial score (nSPS) is 10.3. The van der Waals surface area contributed by atoms with E-state index < -0.39 is 0 Å². The first-order valence-corrected chi connectivity index (χ1v) is 5.87. The fraction of sp³-hybridized carbons (Fsp3) is 0.0909. The Hall–Kier alpha value is -1.33. The molecule has 1 aromatic heterocycles. The number of rotatable bonds is 3. The van der Waals surface area contributed by atoms with Crippen LogP contribution >= 0.6 is 27.5 Å². The number of H-pyrrole nitrogens is 1. The summed E-state index contributed by atoms with van der Waals surface area (Å²) in [5, 5.41) is 0.577. The summed E-state index contributed by atoms with van der Waals surface area (Å²) in [6, 6.07) is 5.22. The van der Waals surface area contributed by atoms with Gasteiger partial charge in [-0.3, -0.25) is 4.79 Å². The van der Waals surface area contributed by atoms with Crippen LogP contribution in [0.3, 0.4) is 0 Å². The molecule has 0 atom stereocenters.